The molecule has 0 bridgehead atoms. The van der Waals surface area contributed by atoms with Crippen molar-refractivity contribution >= 4 is 23.1 Å². The number of nitrogens with zero attached hydrogens (tertiary/aromatic N) is 4. The van der Waals surface area contributed by atoms with Crippen LogP contribution in [0.15, 0.2) is 48.2 Å². The second-order valence-electron chi connectivity index (χ2n) is 5.66. The molecule has 128 valence electrons. The van der Waals surface area contributed by atoms with Crippen molar-refractivity contribution in [1.29, 1.82) is 0 Å². The Bertz CT molecular complexity index is 847. The first-order chi connectivity index (χ1) is 12.1. The molecule has 3 aromatic heterocycles. The Morgan fingerprint density at radius 2 is 2.08 bits per heavy atom. The van der Waals surface area contributed by atoms with Gasteiger partial charge in [0.15, 0.2) is 0 Å². The minimum Gasteiger partial charge on any atom is -0.362 e. The summed E-state index contributed by atoms with van der Waals surface area (Å²) in [5.74, 6) is 0.534. The molecule has 0 saturated carbocycles. The predicted octanol–water partition coefficient (Wildman–Crippen LogP) is 2.64. The van der Waals surface area contributed by atoms with Crippen LogP contribution in [0, 0.1) is 0 Å². The van der Waals surface area contributed by atoms with Crippen molar-refractivity contribution < 1.29 is 4.79 Å². The first-order valence-electron chi connectivity index (χ1n) is 7.90. The summed E-state index contributed by atoms with van der Waals surface area (Å²) in [6.45, 7) is 0.525. The SMILES string of the molecule is CN(C)c1ncccc1C(=O)NCCc1csc(-c2cccnc2)n1. The number of aromatic nitrogens is 3. The molecule has 0 aromatic carbocycles. The molecule has 25 heavy (non-hydrogen) atoms. The number of rotatable bonds is 6. The van der Waals surface area contributed by atoms with Crippen LogP contribution in [-0.4, -0.2) is 41.5 Å². The molecule has 0 radical (unpaired) electrons. The molecule has 0 spiro atoms. The average molecular weight is 353 g/mol. The first-order valence-corrected chi connectivity index (χ1v) is 8.78. The molecular formula is C18H19N5OS. The van der Waals surface area contributed by atoms with Crippen LogP contribution < -0.4 is 10.2 Å². The fourth-order valence-electron chi connectivity index (χ4n) is 2.37. The van der Waals surface area contributed by atoms with Gasteiger partial charge in [-0.1, -0.05) is 0 Å². The Morgan fingerprint density at radius 1 is 1.24 bits per heavy atom. The summed E-state index contributed by atoms with van der Waals surface area (Å²) in [5.41, 5.74) is 2.54. The van der Waals surface area contributed by atoms with Gasteiger partial charge >= 0.3 is 0 Å². The van der Waals surface area contributed by atoms with Gasteiger partial charge in [0.2, 0.25) is 0 Å². The van der Waals surface area contributed by atoms with Gasteiger partial charge in [-0.2, -0.15) is 0 Å². The van der Waals surface area contributed by atoms with Crippen molar-refractivity contribution in [3.05, 3.63) is 59.5 Å². The minimum absolute atomic E-state index is 0.125. The number of nitrogens with one attached hydrogen (secondary N) is 1. The van der Waals surface area contributed by atoms with Crippen LogP contribution in [0.3, 0.4) is 0 Å². The second-order valence-corrected chi connectivity index (χ2v) is 6.52. The average Bonchev–Trinajstić information content (AvgIpc) is 3.11. The van der Waals surface area contributed by atoms with Crippen LogP contribution in [-0.2, 0) is 6.42 Å². The van der Waals surface area contributed by atoms with Crippen LogP contribution in [0.25, 0.3) is 10.6 Å². The molecule has 0 unspecified atom stereocenters. The molecule has 1 N–H and O–H groups in total. The van der Waals surface area contributed by atoms with Crippen LogP contribution in [0.2, 0.25) is 0 Å². The van der Waals surface area contributed by atoms with E-state index in [2.05, 4.69) is 20.3 Å². The van der Waals surface area contributed by atoms with Gasteiger partial charge in [-0.05, 0) is 24.3 Å². The van der Waals surface area contributed by atoms with Crippen LogP contribution in [0.1, 0.15) is 16.1 Å². The molecule has 3 heterocycles. The summed E-state index contributed by atoms with van der Waals surface area (Å²) in [6, 6.07) is 7.43. The first kappa shape index (κ1) is 17.0. The quantitative estimate of drug-likeness (QED) is 0.738. The molecule has 7 heteroatoms. The minimum atomic E-state index is -0.125. The number of thiazole rings is 1. The van der Waals surface area contributed by atoms with Crippen molar-refractivity contribution in [2.45, 2.75) is 6.42 Å². The maximum Gasteiger partial charge on any atom is 0.255 e. The van der Waals surface area contributed by atoms with Gasteiger partial charge in [-0.15, -0.1) is 11.3 Å². The van der Waals surface area contributed by atoms with E-state index in [0.717, 1.165) is 16.3 Å². The van der Waals surface area contributed by atoms with E-state index in [4.69, 9.17) is 0 Å². The van der Waals surface area contributed by atoms with Crippen LogP contribution in [0.4, 0.5) is 5.82 Å². The normalized spacial score (nSPS) is 10.5. The molecule has 0 aliphatic rings. The zero-order valence-corrected chi connectivity index (χ0v) is 15.0. The highest BCUT2D eigenvalue weighted by Crippen LogP contribution is 2.22. The third kappa shape index (κ3) is 4.19. The lowest BCUT2D eigenvalue weighted by molar-refractivity contribution is 0.0954. The lowest BCUT2D eigenvalue weighted by Crippen LogP contribution is -2.28. The molecule has 3 rings (SSSR count). The Balaban J connectivity index is 1.59. The Kier molecular flexibility index (Phi) is 5.35. The second kappa shape index (κ2) is 7.85. The molecule has 0 saturated heterocycles. The zero-order valence-electron chi connectivity index (χ0n) is 14.1. The lowest BCUT2D eigenvalue weighted by Gasteiger charge is -2.15. The lowest BCUT2D eigenvalue weighted by atomic mass is 10.2. The van der Waals surface area contributed by atoms with E-state index >= 15 is 0 Å². The third-order valence-electron chi connectivity index (χ3n) is 3.58. The van der Waals surface area contributed by atoms with E-state index in [1.807, 2.05) is 36.5 Å². The highest BCUT2D eigenvalue weighted by Gasteiger charge is 2.13. The number of amides is 1. The molecule has 0 atom stereocenters. The molecule has 0 fully saturated rings. The van der Waals surface area contributed by atoms with Gasteiger partial charge in [0.25, 0.3) is 5.91 Å². The Hall–Kier alpha value is -2.80. The zero-order chi connectivity index (χ0) is 17.6. The van der Waals surface area contributed by atoms with Crippen LogP contribution in [0.5, 0.6) is 0 Å². The highest BCUT2D eigenvalue weighted by molar-refractivity contribution is 7.13. The Labute approximate surface area is 150 Å². The smallest absolute Gasteiger partial charge is 0.255 e. The number of hydrogen-bond donors (Lipinski definition) is 1. The standard InChI is InChI=1S/C18H19N5OS/c1-23(2)16-15(6-4-9-20-16)17(24)21-10-7-14-12-25-18(22-14)13-5-3-8-19-11-13/h3-6,8-9,11-12H,7,10H2,1-2H3,(H,21,24). The van der Waals surface area contributed by atoms with Crippen molar-refractivity contribution in [3.8, 4) is 10.6 Å². The van der Waals surface area contributed by atoms with Gasteiger partial charge in [-0.3, -0.25) is 9.78 Å². The van der Waals surface area contributed by atoms with E-state index < -0.39 is 0 Å². The van der Waals surface area contributed by atoms with Crippen molar-refractivity contribution in [2.24, 2.45) is 0 Å². The summed E-state index contributed by atoms with van der Waals surface area (Å²) in [5, 5.41) is 5.90. The number of anilines is 1. The molecule has 6 nitrogen and oxygen atoms in total. The van der Waals surface area contributed by atoms with Crippen molar-refractivity contribution in [1.82, 2.24) is 20.3 Å². The summed E-state index contributed by atoms with van der Waals surface area (Å²) >= 11 is 1.58. The van der Waals surface area contributed by atoms with E-state index in [1.165, 1.54) is 0 Å². The summed E-state index contributed by atoms with van der Waals surface area (Å²) in [6.07, 6.45) is 5.91. The highest BCUT2D eigenvalue weighted by atomic mass is 32.1. The topological polar surface area (TPSA) is 71.0 Å². The number of carbonyl (C=O) groups excluding carboxylic acids is 1. The summed E-state index contributed by atoms with van der Waals surface area (Å²) < 4.78 is 0. The summed E-state index contributed by atoms with van der Waals surface area (Å²) in [7, 11) is 3.74. The number of carbonyl (C=O) groups is 1. The molecular weight excluding hydrogens is 334 g/mol. The fourth-order valence-corrected chi connectivity index (χ4v) is 3.22. The monoisotopic (exact) mass is 353 g/mol. The molecule has 0 aliphatic carbocycles. The molecule has 3 aromatic rings. The third-order valence-corrected chi connectivity index (χ3v) is 4.52. The Morgan fingerprint density at radius 3 is 2.84 bits per heavy atom. The van der Waals surface area contributed by atoms with Gasteiger partial charge < -0.3 is 10.2 Å². The maximum absolute atomic E-state index is 12.4. The maximum atomic E-state index is 12.4. The van der Waals surface area contributed by atoms with E-state index in [9.17, 15) is 4.79 Å². The van der Waals surface area contributed by atoms with Gasteiger partial charge in [-0.25, -0.2) is 9.97 Å². The van der Waals surface area contributed by atoms with Gasteiger partial charge in [0.1, 0.15) is 10.8 Å². The largest absolute Gasteiger partial charge is 0.362 e. The number of pyridine rings is 2. The molecule has 1 amide bonds. The van der Waals surface area contributed by atoms with Gasteiger partial charge in [0.05, 0.1) is 11.3 Å². The fraction of sp³-hybridized carbons (Fsp3) is 0.222. The number of hydrogen-bond acceptors (Lipinski definition) is 6. The van der Waals surface area contributed by atoms with Crippen LogP contribution >= 0.6 is 11.3 Å². The summed E-state index contributed by atoms with van der Waals surface area (Å²) in [4.78, 5) is 27.2. The van der Waals surface area contributed by atoms with E-state index in [1.54, 1.807) is 42.1 Å². The van der Waals surface area contributed by atoms with Gasteiger partial charge in [0, 0.05) is 56.6 Å². The van der Waals surface area contributed by atoms with Crippen molar-refractivity contribution in [2.75, 3.05) is 25.5 Å². The predicted molar refractivity (Wildman–Crippen MR) is 99.9 cm³/mol. The van der Waals surface area contributed by atoms with E-state index in [0.29, 0.717) is 24.3 Å². The van der Waals surface area contributed by atoms with Crippen molar-refractivity contribution in [3.63, 3.8) is 0 Å². The van der Waals surface area contributed by atoms with E-state index in [-0.39, 0.29) is 5.91 Å². The molecule has 0 aliphatic heterocycles.